The summed E-state index contributed by atoms with van der Waals surface area (Å²) in [5.41, 5.74) is 4.89. The summed E-state index contributed by atoms with van der Waals surface area (Å²) in [6.07, 6.45) is 0. The van der Waals surface area contributed by atoms with Gasteiger partial charge in [0, 0.05) is 25.7 Å². The van der Waals surface area contributed by atoms with Crippen LogP contribution in [0.15, 0.2) is 75.7 Å². The lowest BCUT2D eigenvalue weighted by Crippen LogP contribution is -2.36. The van der Waals surface area contributed by atoms with E-state index in [0.717, 1.165) is 26.6 Å². The molecule has 0 saturated heterocycles. The van der Waals surface area contributed by atoms with E-state index in [0.29, 0.717) is 16.6 Å². The maximum absolute atomic E-state index is 13.1. The van der Waals surface area contributed by atoms with E-state index in [9.17, 15) is 18.8 Å². The number of fused-ring (bicyclic) bond motifs is 1. The van der Waals surface area contributed by atoms with Crippen molar-refractivity contribution in [3.05, 3.63) is 92.8 Å². The number of carbonyl (C=O) groups is 3. The molecule has 0 bridgehead atoms. The Kier molecular flexibility index (Phi) is 6.80. The Bertz CT molecular complexity index is 1430. The molecule has 4 aromatic rings. The summed E-state index contributed by atoms with van der Waals surface area (Å²) >= 11 is 6.82. The fraction of sp³-hybridized carbons (Fsp3) is 0.0417. The van der Waals surface area contributed by atoms with Crippen molar-refractivity contribution in [1.29, 1.82) is 0 Å². The van der Waals surface area contributed by atoms with Crippen LogP contribution < -0.4 is 16.1 Å². The fourth-order valence-corrected chi connectivity index (χ4v) is 3.89. The van der Waals surface area contributed by atoms with Gasteiger partial charge >= 0.3 is 11.8 Å². The molecule has 0 radical (unpaired) electrons. The van der Waals surface area contributed by atoms with Crippen LogP contribution in [0.2, 0.25) is 0 Å². The Morgan fingerprint density at radius 1 is 0.824 bits per heavy atom. The fourth-order valence-electron chi connectivity index (χ4n) is 3.26. The number of carbonyl (C=O) groups excluding carboxylic acids is 3. The highest BCUT2D eigenvalue weighted by molar-refractivity contribution is 9.10. The highest BCUT2D eigenvalue weighted by Crippen LogP contribution is 2.25. The number of halogens is 3. The van der Waals surface area contributed by atoms with Gasteiger partial charge in [-0.2, -0.15) is 0 Å². The van der Waals surface area contributed by atoms with Crippen LogP contribution in [0.5, 0.6) is 0 Å². The summed E-state index contributed by atoms with van der Waals surface area (Å²) in [4.78, 5) is 38.2. The lowest BCUT2D eigenvalue weighted by Gasteiger charge is -2.13. The number of benzene rings is 3. The van der Waals surface area contributed by atoms with E-state index in [1.165, 1.54) is 16.8 Å². The SMILES string of the molecule is Cc1cc(NC(=O)c2cc3cc(Br)ccc3n2NC(=O)C(=O)Nc2ccc(F)cc2)ccc1Br. The Hall–Kier alpha value is -3.50. The molecule has 34 heavy (non-hydrogen) atoms. The average Bonchev–Trinajstić information content (AvgIpc) is 3.15. The molecule has 0 aliphatic carbocycles. The first-order chi connectivity index (χ1) is 16.2. The Labute approximate surface area is 210 Å². The minimum Gasteiger partial charge on any atom is -0.321 e. The first-order valence-corrected chi connectivity index (χ1v) is 11.6. The van der Waals surface area contributed by atoms with Gasteiger partial charge < -0.3 is 10.6 Å². The van der Waals surface area contributed by atoms with Crippen molar-refractivity contribution in [3.8, 4) is 0 Å². The molecule has 0 aliphatic rings. The van der Waals surface area contributed by atoms with Crippen molar-refractivity contribution in [3.63, 3.8) is 0 Å². The van der Waals surface area contributed by atoms with Crippen LogP contribution in [-0.4, -0.2) is 22.4 Å². The predicted molar refractivity (Wildman–Crippen MR) is 136 cm³/mol. The van der Waals surface area contributed by atoms with Gasteiger partial charge in [-0.15, -0.1) is 0 Å². The Morgan fingerprint density at radius 2 is 1.53 bits per heavy atom. The smallest absolute Gasteiger partial charge is 0.321 e. The second-order valence-corrected chi connectivity index (χ2v) is 9.16. The molecule has 1 aromatic heterocycles. The third-order valence-electron chi connectivity index (χ3n) is 4.93. The van der Waals surface area contributed by atoms with E-state index in [1.807, 2.05) is 13.0 Å². The van der Waals surface area contributed by atoms with Crippen LogP contribution in [0.4, 0.5) is 15.8 Å². The van der Waals surface area contributed by atoms with E-state index in [-0.39, 0.29) is 11.4 Å². The van der Waals surface area contributed by atoms with Gasteiger partial charge in [-0.25, -0.2) is 9.07 Å². The monoisotopic (exact) mass is 586 g/mol. The maximum atomic E-state index is 13.1. The predicted octanol–water partition coefficient (Wildman–Crippen LogP) is 5.57. The van der Waals surface area contributed by atoms with Gasteiger partial charge in [0.25, 0.3) is 5.91 Å². The zero-order valence-corrected chi connectivity index (χ0v) is 20.8. The summed E-state index contributed by atoms with van der Waals surface area (Å²) in [5.74, 6) is -2.92. The Morgan fingerprint density at radius 3 is 2.24 bits per heavy atom. The van der Waals surface area contributed by atoms with Gasteiger partial charge in [0.1, 0.15) is 11.5 Å². The van der Waals surface area contributed by atoms with Gasteiger partial charge in [-0.3, -0.25) is 19.8 Å². The van der Waals surface area contributed by atoms with E-state index >= 15 is 0 Å². The number of nitrogens with zero attached hydrogens (tertiary/aromatic N) is 1. The van der Waals surface area contributed by atoms with Crippen LogP contribution in [0.1, 0.15) is 16.1 Å². The number of nitrogens with one attached hydrogen (secondary N) is 3. The largest absolute Gasteiger partial charge is 0.328 e. The van der Waals surface area contributed by atoms with Gasteiger partial charge in [-0.1, -0.05) is 31.9 Å². The molecule has 7 nitrogen and oxygen atoms in total. The molecule has 0 spiro atoms. The molecule has 0 saturated carbocycles. The first kappa shape index (κ1) is 23.7. The standard InChI is InChI=1S/C24H17Br2FN4O3/c1-13-10-18(7-8-19(13)26)29-22(32)21-12-14-11-15(25)2-9-20(14)31(21)30-24(34)23(33)28-17-5-3-16(27)4-6-17/h2-12H,1H3,(H,28,33)(H,29,32)(H,30,34). The molecular weight excluding hydrogens is 571 g/mol. The second-order valence-electron chi connectivity index (χ2n) is 7.39. The van der Waals surface area contributed by atoms with Crippen LogP contribution in [0.25, 0.3) is 10.9 Å². The zero-order chi connectivity index (χ0) is 24.4. The zero-order valence-electron chi connectivity index (χ0n) is 17.7. The summed E-state index contributed by atoms with van der Waals surface area (Å²) in [6, 6.07) is 17.2. The van der Waals surface area contributed by atoms with Crippen molar-refractivity contribution < 1.29 is 18.8 Å². The van der Waals surface area contributed by atoms with Crippen LogP contribution >= 0.6 is 31.9 Å². The highest BCUT2D eigenvalue weighted by atomic mass is 79.9. The third kappa shape index (κ3) is 5.18. The molecule has 10 heteroatoms. The third-order valence-corrected chi connectivity index (χ3v) is 6.32. The van der Waals surface area contributed by atoms with Crippen molar-refractivity contribution in [1.82, 2.24) is 4.68 Å². The summed E-state index contributed by atoms with van der Waals surface area (Å²) in [5, 5.41) is 5.88. The van der Waals surface area contributed by atoms with Crippen molar-refractivity contribution in [2.75, 3.05) is 16.1 Å². The van der Waals surface area contributed by atoms with E-state index in [1.54, 1.807) is 36.4 Å². The molecule has 0 unspecified atom stereocenters. The molecule has 3 aromatic carbocycles. The topological polar surface area (TPSA) is 92.2 Å². The number of hydrogen-bond acceptors (Lipinski definition) is 3. The quantitative estimate of drug-likeness (QED) is 0.272. The van der Waals surface area contributed by atoms with Crippen LogP contribution in [0, 0.1) is 12.7 Å². The van der Waals surface area contributed by atoms with E-state index in [4.69, 9.17) is 0 Å². The number of anilines is 2. The number of aromatic nitrogens is 1. The lowest BCUT2D eigenvalue weighted by atomic mass is 10.2. The molecule has 3 N–H and O–H groups in total. The van der Waals surface area contributed by atoms with Gasteiger partial charge in [-0.05, 0) is 79.2 Å². The van der Waals surface area contributed by atoms with Crippen molar-refractivity contribution >= 4 is 71.9 Å². The number of rotatable bonds is 4. The lowest BCUT2D eigenvalue weighted by molar-refractivity contribution is -0.133. The molecule has 4 rings (SSSR count). The molecule has 0 atom stereocenters. The summed E-state index contributed by atoms with van der Waals surface area (Å²) < 4.78 is 16.0. The minimum absolute atomic E-state index is 0.122. The van der Waals surface area contributed by atoms with Crippen molar-refractivity contribution in [2.24, 2.45) is 0 Å². The van der Waals surface area contributed by atoms with Gasteiger partial charge in [0.15, 0.2) is 0 Å². The molecule has 1 heterocycles. The first-order valence-electron chi connectivity index (χ1n) is 9.97. The molecular formula is C24H17Br2FN4O3. The normalized spacial score (nSPS) is 10.7. The molecule has 172 valence electrons. The summed E-state index contributed by atoms with van der Waals surface area (Å²) in [6.45, 7) is 1.90. The summed E-state index contributed by atoms with van der Waals surface area (Å²) in [7, 11) is 0. The molecule has 0 aliphatic heterocycles. The second kappa shape index (κ2) is 9.78. The molecule has 0 fully saturated rings. The number of hydrogen-bond donors (Lipinski definition) is 3. The molecule has 3 amide bonds. The maximum Gasteiger partial charge on any atom is 0.328 e. The number of amides is 3. The highest BCUT2D eigenvalue weighted by Gasteiger charge is 2.21. The average molecular weight is 588 g/mol. The van der Waals surface area contributed by atoms with E-state index in [2.05, 4.69) is 47.9 Å². The Balaban J connectivity index is 1.62. The van der Waals surface area contributed by atoms with Gasteiger partial charge in [0.2, 0.25) is 0 Å². The van der Waals surface area contributed by atoms with Crippen LogP contribution in [0.3, 0.4) is 0 Å². The number of aryl methyl sites for hydroxylation is 1. The van der Waals surface area contributed by atoms with Crippen LogP contribution in [-0.2, 0) is 9.59 Å². The minimum atomic E-state index is -1.00. The van der Waals surface area contributed by atoms with E-state index < -0.39 is 23.5 Å². The van der Waals surface area contributed by atoms with Gasteiger partial charge in [0.05, 0.1) is 5.52 Å². The van der Waals surface area contributed by atoms with Crippen molar-refractivity contribution in [2.45, 2.75) is 6.92 Å².